The number of aromatic nitrogens is 2. The highest BCUT2D eigenvalue weighted by atomic mass is 32.1. The molecule has 3 N–H and O–H groups in total. The van der Waals surface area contributed by atoms with Crippen LogP contribution in [0.25, 0.3) is 0 Å². The zero-order valence-corrected chi connectivity index (χ0v) is 9.36. The van der Waals surface area contributed by atoms with Crippen LogP contribution in [0.15, 0.2) is 0 Å². The van der Waals surface area contributed by atoms with Gasteiger partial charge in [0, 0.05) is 11.4 Å². The van der Waals surface area contributed by atoms with Crippen molar-refractivity contribution in [3.05, 3.63) is 16.2 Å². The molecule has 0 spiro atoms. The monoisotopic (exact) mass is 231 g/mol. The average Bonchev–Trinajstić information content (AvgIpc) is 2.42. The zero-order valence-electron chi connectivity index (χ0n) is 8.55. The molecule has 0 aromatic carbocycles. The van der Waals surface area contributed by atoms with Gasteiger partial charge in [0.25, 0.3) is 0 Å². The van der Waals surface area contributed by atoms with Gasteiger partial charge in [-0.1, -0.05) is 6.92 Å². The molecule has 84 valence electrons. The molecule has 1 rings (SSSR count). The smallest absolute Gasteiger partial charge is 0.223 e. The molecular weight excluding hydrogens is 217 g/mol. The SMILES string of the molecule is CCc1c(CC(N)=O)[nH]c(=S)n1CCF. The number of rotatable bonds is 5. The molecule has 1 amide bonds. The van der Waals surface area contributed by atoms with Crippen molar-refractivity contribution >= 4 is 18.1 Å². The summed E-state index contributed by atoms with van der Waals surface area (Å²) < 4.78 is 14.4. The number of primary amides is 1. The van der Waals surface area contributed by atoms with E-state index in [1.165, 1.54) is 0 Å². The third-order valence-corrected chi connectivity index (χ3v) is 2.49. The maximum atomic E-state index is 12.3. The second kappa shape index (κ2) is 5.06. The van der Waals surface area contributed by atoms with E-state index >= 15 is 0 Å². The first kappa shape index (κ1) is 11.9. The summed E-state index contributed by atoms with van der Waals surface area (Å²) >= 11 is 5.03. The molecule has 0 aliphatic heterocycles. The third-order valence-electron chi connectivity index (χ3n) is 2.17. The lowest BCUT2D eigenvalue weighted by Gasteiger charge is -2.05. The highest BCUT2D eigenvalue weighted by molar-refractivity contribution is 7.71. The molecule has 0 fully saturated rings. The molecular formula is C9H14FN3OS. The number of hydrogen-bond donors (Lipinski definition) is 2. The van der Waals surface area contributed by atoms with Crippen molar-refractivity contribution in [1.29, 1.82) is 0 Å². The summed E-state index contributed by atoms with van der Waals surface area (Å²) in [6.07, 6.45) is 0.807. The third kappa shape index (κ3) is 2.65. The first-order valence-electron chi connectivity index (χ1n) is 4.75. The van der Waals surface area contributed by atoms with Gasteiger partial charge in [0.05, 0.1) is 13.0 Å². The number of nitrogens with one attached hydrogen (secondary N) is 1. The molecule has 0 unspecified atom stereocenters. The van der Waals surface area contributed by atoms with Gasteiger partial charge in [-0.25, -0.2) is 4.39 Å². The Labute approximate surface area is 92.3 Å². The molecule has 0 atom stereocenters. The quantitative estimate of drug-likeness (QED) is 0.745. The van der Waals surface area contributed by atoms with E-state index in [2.05, 4.69) is 4.98 Å². The molecule has 0 saturated carbocycles. The van der Waals surface area contributed by atoms with Crippen LogP contribution in [0.3, 0.4) is 0 Å². The molecule has 0 saturated heterocycles. The van der Waals surface area contributed by atoms with E-state index in [1.54, 1.807) is 4.57 Å². The summed E-state index contributed by atoms with van der Waals surface area (Å²) in [6.45, 7) is 1.67. The van der Waals surface area contributed by atoms with Gasteiger partial charge in [0.15, 0.2) is 4.77 Å². The van der Waals surface area contributed by atoms with Crippen molar-refractivity contribution in [2.75, 3.05) is 6.67 Å². The van der Waals surface area contributed by atoms with E-state index in [4.69, 9.17) is 18.0 Å². The van der Waals surface area contributed by atoms with Crippen molar-refractivity contribution < 1.29 is 9.18 Å². The van der Waals surface area contributed by atoms with Crippen LogP contribution in [-0.2, 0) is 24.2 Å². The largest absolute Gasteiger partial charge is 0.369 e. The van der Waals surface area contributed by atoms with E-state index in [0.29, 0.717) is 16.9 Å². The maximum Gasteiger partial charge on any atom is 0.223 e. The van der Waals surface area contributed by atoms with Crippen LogP contribution in [0.2, 0.25) is 0 Å². The van der Waals surface area contributed by atoms with Crippen molar-refractivity contribution in [1.82, 2.24) is 9.55 Å². The van der Waals surface area contributed by atoms with E-state index in [1.807, 2.05) is 6.92 Å². The Bertz CT molecular complexity index is 410. The number of imidazole rings is 1. The molecule has 0 aliphatic rings. The van der Waals surface area contributed by atoms with Gasteiger partial charge in [-0.2, -0.15) is 0 Å². The standard InChI is InChI=1S/C9H14FN3OS/c1-2-7-6(5-8(11)14)12-9(15)13(7)4-3-10/h2-5H2,1H3,(H2,11,14)(H,12,15). The number of nitrogens with zero attached hydrogens (tertiary/aromatic N) is 1. The van der Waals surface area contributed by atoms with Gasteiger partial charge in [-0.05, 0) is 18.6 Å². The fourth-order valence-corrected chi connectivity index (χ4v) is 1.92. The zero-order chi connectivity index (χ0) is 11.4. The summed E-state index contributed by atoms with van der Waals surface area (Å²) in [6, 6.07) is 0. The Kier molecular flexibility index (Phi) is 4.02. The highest BCUT2D eigenvalue weighted by Gasteiger charge is 2.11. The maximum absolute atomic E-state index is 12.3. The summed E-state index contributed by atoms with van der Waals surface area (Å²) in [7, 11) is 0. The van der Waals surface area contributed by atoms with Crippen molar-refractivity contribution in [2.45, 2.75) is 26.3 Å². The van der Waals surface area contributed by atoms with Gasteiger partial charge in [0.1, 0.15) is 6.67 Å². The van der Waals surface area contributed by atoms with Crippen LogP contribution in [0.4, 0.5) is 4.39 Å². The van der Waals surface area contributed by atoms with Crippen LogP contribution >= 0.6 is 12.2 Å². The molecule has 6 heteroatoms. The molecule has 1 aromatic heterocycles. The first-order chi connectivity index (χ1) is 7.10. The number of nitrogens with two attached hydrogens (primary N) is 1. The van der Waals surface area contributed by atoms with Gasteiger partial charge in [-0.15, -0.1) is 0 Å². The predicted molar refractivity (Wildman–Crippen MR) is 57.9 cm³/mol. The first-order valence-corrected chi connectivity index (χ1v) is 5.15. The molecule has 0 bridgehead atoms. The van der Waals surface area contributed by atoms with Gasteiger partial charge >= 0.3 is 0 Å². The molecule has 15 heavy (non-hydrogen) atoms. The number of hydrogen-bond acceptors (Lipinski definition) is 2. The number of aromatic amines is 1. The number of alkyl halides is 1. The van der Waals surface area contributed by atoms with Crippen LogP contribution in [0.1, 0.15) is 18.3 Å². The van der Waals surface area contributed by atoms with Gasteiger partial charge < -0.3 is 15.3 Å². The Morgan fingerprint density at radius 3 is 2.80 bits per heavy atom. The van der Waals surface area contributed by atoms with Crippen LogP contribution in [0, 0.1) is 4.77 Å². The van der Waals surface area contributed by atoms with Crippen LogP contribution in [0.5, 0.6) is 0 Å². The van der Waals surface area contributed by atoms with Gasteiger partial charge in [0.2, 0.25) is 5.91 Å². The van der Waals surface area contributed by atoms with Crippen LogP contribution < -0.4 is 5.73 Å². The van der Waals surface area contributed by atoms with Crippen molar-refractivity contribution in [2.24, 2.45) is 5.73 Å². The Morgan fingerprint density at radius 1 is 1.67 bits per heavy atom. The van der Waals surface area contributed by atoms with E-state index in [-0.39, 0.29) is 13.0 Å². The summed E-state index contributed by atoms with van der Waals surface area (Å²) in [4.78, 5) is 13.7. The predicted octanol–water partition coefficient (Wildman–Crippen LogP) is 1.11. The van der Waals surface area contributed by atoms with Crippen molar-refractivity contribution in [3.8, 4) is 0 Å². The number of carbonyl (C=O) groups excluding carboxylic acids is 1. The minimum absolute atomic E-state index is 0.117. The average molecular weight is 231 g/mol. The Hall–Kier alpha value is -1.17. The molecule has 4 nitrogen and oxygen atoms in total. The topological polar surface area (TPSA) is 63.8 Å². The summed E-state index contributed by atoms with van der Waals surface area (Å²) in [5.41, 5.74) is 6.66. The Morgan fingerprint density at radius 2 is 2.33 bits per heavy atom. The van der Waals surface area contributed by atoms with Gasteiger partial charge in [-0.3, -0.25) is 4.79 Å². The van der Waals surface area contributed by atoms with E-state index < -0.39 is 12.6 Å². The number of carbonyl (C=O) groups is 1. The van der Waals surface area contributed by atoms with Crippen molar-refractivity contribution in [3.63, 3.8) is 0 Å². The number of halogens is 1. The van der Waals surface area contributed by atoms with E-state index in [0.717, 1.165) is 5.69 Å². The fourth-order valence-electron chi connectivity index (χ4n) is 1.60. The second-order valence-electron chi connectivity index (χ2n) is 3.19. The second-order valence-corrected chi connectivity index (χ2v) is 3.58. The summed E-state index contributed by atoms with van der Waals surface area (Å²) in [5, 5.41) is 0. The van der Waals surface area contributed by atoms with E-state index in [9.17, 15) is 9.18 Å². The summed E-state index contributed by atoms with van der Waals surface area (Å²) in [5.74, 6) is -0.423. The highest BCUT2D eigenvalue weighted by Crippen LogP contribution is 2.11. The Balaban J connectivity index is 3.12. The number of amides is 1. The molecule has 1 aromatic rings. The fraction of sp³-hybridized carbons (Fsp3) is 0.556. The normalized spacial score (nSPS) is 10.5. The molecule has 0 radical (unpaired) electrons. The van der Waals surface area contributed by atoms with Crippen LogP contribution in [-0.4, -0.2) is 22.1 Å². The number of H-pyrrole nitrogens is 1. The lowest BCUT2D eigenvalue weighted by molar-refractivity contribution is -0.117. The lowest BCUT2D eigenvalue weighted by atomic mass is 10.2. The molecule has 1 heterocycles. The minimum Gasteiger partial charge on any atom is -0.369 e. The minimum atomic E-state index is -0.477. The molecule has 0 aliphatic carbocycles. The lowest BCUT2D eigenvalue weighted by Crippen LogP contribution is -2.15.